The smallest absolute Gasteiger partial charge is 0.325 e. The summed E-state index contributed by atoms with van der Waals surface area (Å²) in [5.41, 5.74) is 2.42. The van der Waals surface area contributed by atoms with Gasteiger partial charge in [-0.15, -0.1) is 0 Å². The number of hydrogen-bond donors (Lipinski definition) is 2. The van der Waals surface area contributed by atoms with E-state index in [9.17, 15) is 14.4 Å². The Balaban J connectivity index is 1.89. The topological polar surface area (TPSA) is 101 Å². The Labute approximate surface area is 191 Å². The molecule has 3 rings (SSSR count). The summed E-state index contributed by atoms with van der Waals surface area (Å²) in [4.78, 5) is 43.5. The summed E-state index contributed by atoms with van der Waals surface area (Å²) in [6, 6.07) is 9.36. The fourth-order valence-corrected chi connectivity index (χ4v) is 3.77. The molecular formula is C23H25ClN4O4. The first-order valence-corrected chi connectivity index (χ1v) is 10.6. The highest BCUT2D eigenvalue weighted by atomic mass is 35.5. The molecule has 0 aliphatic carbocycles. The molecule has 2 heterocycles. The number of esters is 1. The van der Waals surface area contributed by atoms with Gasteiger partial charge in [0.25, 0.3) is 5.91 Å². The van der Waals surface area contributed by atoms with Gasteiger partial charge in [0.05, 0.1) is 18.2 Å². The van der Waals surface area contributed by atoms with Crippen LogP contribution in [0.4, 0.5) is 4.79 Å². The summed E-state index contributed by atoms with van der Waals surface area (Å²) < 4.78 is 5.03. The van der Waals surface area contributed by atoms with Crippen LogP contribution in [-0.4, -0.2) is 47.5 Å². The number of urea groups is 1. The number of ether oxygens (including phenoxy) is 1. The predicted molar refractivity (Wildman–Crippen MR) is 120 cm³/mol. The van der Waals surface area contributed by atoms with Crippen LogP contribution in [0.3, 0.4) is 0 Å². The van der Waals surface area contributed by atoms with Crippen molar-refractivity contribution in [3.05, 3.63) is 76.2 Å². The van der Waals surface area contributed by atoms with Crippen molar-refractivity contribution < 1.29 is 19.1 Å². The maximum Gasteiger partial charge on any atom is 0.325 e. The Morgan fingerprint density at radius 3 is 2.69 bits per heavy atom. The van der Waals surface area contributed by atoms with Crippen LogP contribution in [0.5, 0.6) is 0 Å². The molecule has 2 N–H and O–H groups in total. The lowest BCUT2D eigenvalue weighted by molar-refractivity contribution is -0.144. The number of benzene rings is 1. The molecule has 1 aliphatic rings. The molecule has 1 aromatic heterocycles. The van der Waals surface area contributed by atoms with E-state index in [4.69, 9.17) is 16.3 Å². The summed E-state index contributed by atoms with van der Waals surface area (Å²) >= 11 is 6.19. The second-order valence-corrected chi connectivity index (χ2v) is 7.66. The van der Waals surface area contributed by atoms with E-state index in [1.54, 1.807) is 50.5 Å². The van der Waals surface area contributed by atoms with E-state index in [0.717, 1.165) is 5.56 Å². The second kappa shape index (κ2) is 10.8. The van der Waals surface area contributed by atoms with Gasteiger partial charge in [0.2, 0.25) is 0 Å². The van der Waals surface area contributed by atoms with Crippen LogP contribution >= 0.6 is 11.6 Å². The number of nitrogens with one attached hydrogen (secondary N) is 2. The maximum absolute atomic E-state index is 13.2. The molecular weight excluding hydrogens is 432 g/mol. The average molecular weight is 457 g/mol. The molecule has 3 amide bonds. The van der Waals surface area contributed by atoms with Crippen molar-refractivity contribution in [3.63, 3.8) is 0 Å². The number of carbonyl (C=O) groups is 3. The lowest BCUT2D eigenvalue weighted by Gasteiger charge is -2.37. The number of nitrogens with zero attached hydrogens (tertiary/aromatic N) is 2. The third-order valence-corrected chi connectivity index (χ3v) is 5.24. The number of carbonyl (C=O) groups excluding carboxylic acids is 3. The molecule has 168 valence electrons. The van der Waals surface area contributed by atoms with Gasteiger partial charge in [0.1, 0.15) is 6.54 Å². The molecule has 0 saturated carbocycles. The first kappa shape index (κ1) is 23.3. The van der Waals surface area contributed by atoms with Gasteiger partial charge in [0, 0.05) is 29.7 Å². The predicted octanol–water partition coefficient (Wildman–Crippen LogP) is 3.00. The van der Waals surface area contributed by atoms with Crippen LogP contribution in [0.25, 0.3) is 0 Å². The molecule has 1 unspecified atom stereocenters. The monoisotopic (exact) mass is 456 g/mol. The van der Waals surface area contributed by atoms with Gasteiger partial charge in [-0.2, -0.15) is 0 Å². The van der Waals surface area contributed by atoms with Crippen molar-refractivity contribution in [1.29, 1.82) is 0 Å². The van der Waals surface area contributed by atoms with E-state index in [-0.39, 0.29) is 19.1 Å². The summed E-state index contributed by atoms with van der Waals surface area (Å²) in [6.07, 6.45) is 4.02. The molecule has 8 nitrogen and oxygen atoms in total. The molecule has 1 atom stereocenters. The molecule has 0 radical (unpaired) electrons. The second-order valence-electron chi connectivity index (χ2n) is 7.22. The first-order chi connectivity index (χ1) is 15.4. The maximum atomic E-state index is 13.2. The Hall–Kier alpha value is -3.39. The van der Waals surface area contributed by atoms with E-state index < -0.39 is 18.0 Å². The normalized spacial score (nSPS) is 15.9. The third-order valence-electron chi connectivity index (χ3n) is 5.01. The van der Waals surface area contributed by atoms with Crippen LogP contribution in [-0.2, 0) is 20.7 Å². The quantitative estimate of drug-likeness (QED) is 0.595. The van der Waals surface area contributed by atoms with Crippen molar-refractivity contribution >= 4 is 29.5 Å². The van der Waals surface area contributed by atoms with Crippen molar-refractivity contribution in [2.24, 2.45) is 0 Å². The molecule has 0 bridgehead atoms. The summed E-state index contributed by atoms with van der Waals surface area (Å²) in [6.45, 7) is 3.63. The minimum Gasteiger partial charge on any atom is -0.465 e. The first-order valence-electron chi connectivity index (χ1n) is 10.3. The number of allylic oxidation sites excluding steroid dienone is 1. The number of aromatic nitrogens is 1. The molecule has 1 aliphatic heterocycles. The fourth-order valence-electron chi connectivity index (χ4n) is 3.57. The minimum absolute atomic E-state index is 0.188. The molecule has 32 heavy (non-hydrogen) atoms. The zero-order valence-corrected chi connectivity index (χ0v) is 18.7. The molecule has 0 spiro atoms. The fraction of sp³-hybridized carbons (Fsp3) is 0.304. The number of amides is 3. The SMILES string of the molecule is CCOC(=O)CN1C(=O)NC(C)=C(C(=O)NCCc2ccncc2)C1c1cccc(Cl)c1. The van der Waals surface area contributed by atoms with Crippen LogP contribution in [0.1, 0.15) is 31.0 Å². The summed E-state index contributed by atoms with van der Waals surface area (Å²) in [7, 11) is 0. The average Bonchev–Trinajstić information content (AvgIpc) is 2.76. The molecule has 0 fully saturated rings. The van der Waals surface area contributed by atoms with Crippen molar-refractivity contribution in [2.75, 3.05) is 19.7 Å². The standard InChI is InChI=1S/C23H25ClN4O4/c1-3-32-19(29)14-28-21(17-5-4-6-18(24)13-17)20(15(2)27-23(28)31)22(30)26-12-9-16-7-10-25-11-8-16/h4-8,10-11,13,21H,3,9,12,14H2,1-2H3,(H,26,30)(H,27,31). The van der Waals surface area contributed by atoms with Gasteiger partial charge in [-0.1, -0.05) is 23.7 Å². The highest BCUT2D eigenvalue weighted by Gasteiger charge is 2.38. The Bertz CT molecular complexity index is 1030. The van der Waals surface area contributed by atoms with Gasteiger partial charge in [-0.3, -0.25) is 14.6 Å². The highest BCUT2D eigenvalue weighted by molar-refractivity contribution is 6.30. The van der Waals surface area contributed by atoms with Gasteiger partial charge >= 0.3 is 12.0 Å². The number of rotatable bonds is 8. The summed E-state index contributed by atoms with van der Waals surface area (Å²) in [5.74, 6) is -0.901. The Morgan fingerprint density at radius 1 is 1.25 bits per heavy atom. The van der Waals surface area contributed by atoms with Crippen molar-refractivity contribution in [1.82, 2.24) is 20.5 Å². The van der Waals surface area contributed by atoms with Crippen molar-refractivity contribution in [2.45, 2.75) is 26.3 Å². The summed E-state index contributed by atoms with van der Waals surface area (Å²) in [5, 5.41) is 6.06. The lowest BCUT2D eigenvalue weighted by Crippen LogP contribution is -2.51. The lowest BCUT2D eigenvalue weighted by atomic mass is 9.93. The van der Waals surface area contributed by atoms with Crippen molar-refractivity contribution in [3.8, 4) is 0 Å². The number of hydrogen-bond acceptors (Lipinski definition) is 5. The van der Waals surface area contributed by atoms with E-state index in [1.165, 1.54) is 4.90 Å². The van der Waals surface area contributed by atoms with Gasteiger partial charge in [0.15, 0.2) is 0 Å². The molecule has 9 heteroatoms. The highest BCUT2D eigenvalue weighted by Crippen LogP contribution is 2.34. The van der Waals surface area contributed by atoms with E-state index in [0.29, 0.717) is 34.8 Å². The third kappa shape index (κ3) is 5.64. The van der Waals surface area contributed by atoms with Gasteiger partial charge in [-0.05, 0) is 55.7 Å². The largest absolute Gasteiger partial charge is 0.465 e. The van der Waals surface area contributed by atoms with Crippen LogP contribution in [0, 0.1) is 0 Å². The number of pyridine rings is 1. The number of halogens is 1. The zero-order chi connectivity index (χ0) is 23.1. The van der Waals surface area contributed by atoms with Gasteiger partial charge in [-0.25, -0.2) is 4.79 Å². The minimum atomic E-state index is -0.798. The van der Waals surface area contributed by atoms with E-state index in [1.807, 2.05) is 12.1 Å². The Kier molecular flexibility index (Phi) is 7.83. The van der Waals surface area contributed by atoms with Crippen LogP contribution in [0.15, 0.2) is 60.1 Å². The molecule has 0 saturated heterocycles. The van der Waals surface area contributed by atoms with Crippen LogP contribution in [0.2, 0.25) is 5.02 Å². The van der Waals surface area contributed by atoms with Crippen LogP contribution < -0.4 is 10.6 Å². The molecule has 1 aromatic carbocycles. The zero-order valence-electron chi connectivity index (χ0n) is 17.9. The van der Waals surface area contributed by atoms with Gasteiger partial charge < -0.3 is 20.3 Å². The van der Waals surface area contributed by atoms with E-state index in [2.05, 4.69) is 15.6 Å². The van der Waals surface area contributed by atoms with E-state index >= 15 is 0 Å². The molecule has 2 aromatic rings. The Morgan fingerprint density at radius 2 is 2.00 bits per heavy atom.